The Bertz CT molecular complexity index is 501. The lowest BCUT2D eigenvalue weighted by Gasteiger charge is -2.38. The number of rotatable bonds is 7. The molecule has 124 valence electrons. The molecule has 0 unspecified atom stereocenters. The van der Waals surface area contributed by atoms with Crippen LogP contribution in [0.25, 0.3) is 0 Å². The van der Waals surface area contributed by atoms with Crippen molar-refractivity contribution >= 4 is 24.2 Å². The smallest absolute Gasteiger partial charge is 0.423 e. The Kier molecular flexibility index (Phi) is 6.48. The minimum absolute atomic E-state index is 0.301. The predicted molar refractivity (Wildman–Crippen MR) is 92.5 cm³/mol. The molecular formula is C16H27BClNO3. The maximum atomic E-state index is 10.5. The molecule has 0 bridgehead atoms. The van der Waals surface area contributed by atoms with E-state index in [-0.39, 0.29) is 0 Å². The van der Waals surface area contributed by atoms with E-state index in [9.17, 15) is 10.1 Å². The summed E-state index contributed by atoms with van der Waals surface area (Å²) in [6.07, 6.45) is 0. The highest BCUT2D eigenvalue weighted by Crippen LogP contribution is 2.26. The fourth-order valence-corrected chi connectivity index (χ4v) is 2.03. The van der Waals surface area contributed by atoms with E-state index >= 15 is 0 Å². The van der Waals surface area contributed by atoms with Gasteiger partial charge in [0.2, 0.25) is 0 Å². The molecule has 0 heterocycles. The van der Waals surface area contributed by atoms with E-state index in [1.54, 1.807) is 45.9 Å². The van der Waals surface area contributed by atoms with E-state index in [0.717, 1.165) is 5.56 Å². The Morgan fingerprint density at radius 1 is 1.27 bits per heavy atom. The van der Waals surface area contributed by atoms with Gasteiger partial charge in [0.15, 0.2) is 0 Å². The zero-order chi connectivity index (χ0) is 17.1. The number of hydrogen-bond donors (Lipinski definition) is 3. The number of aliphatic hydroxyl groups is 1. The molecule has 0 amide bonds. The highest BCUT2D eigenvalue weighted by molar-refractivity contribution is 6.61. The normalized spacial score (nSPS) is 12.8. The van der Waals surface area contributed by atoms with Crippen LogP contribution in [0, 0.1) is 0 Å². The third-order valence-corrected chi connectivity index (χ3v) is 4.34. The van der Waals surface area contributed by atoms with Crippen LogP contribution in [0.15, 0.2) is 18.2 Å². The van der Waals surface area contributed by atoms with Gasteiger partial charge in [-0.25, -0.2) is 0 Å². The summed E-state index contributed by atoms with van der Waals surface area (Å²) in [5.41, 5.74) is -0.602. The van der Waals surface area contributed by atoms with Crippen LogP contribution < -0.4 is 10.8 Å². The van der Waals surface area contributed by atoms with Gasteiger partial charge >= 0.3 is 7.12 Å². The van der Waals surface area contributed by atoms with Crippen molar-refractivity contribution < 1.29 is 14.8 Å². The van der Waals surface area contributed by atoms with Crippen LogP contribution >= 0.6 is 11.6 Å². The fourth-order valence-electron chi connectivity index (χ4n) is 1.79. The summed E-state index contributed by atoms with van der Waals surface area (Å²) in [4.78, 5) is 0. The van der Waals surface area contributed by atoms with Gasteiger partial charge in [0, 0.05) is 17.6 Å². The van der Waals surface area contributed by atoms with E-state index in [4.69, 9.17) is 16.3 Å². The lowest BCUT2D eigenvalue weighted by atomic mass is 9.74. The van der Waals surface area contributed by atoms with Gasteiger partial charge in [0.1, 0.15) is 0 Å². The second kappa shape index (κ2) is 7.32. The highest BCUT2D eigenvalue weighted by Gasteiger charge is 2.40. The minimum Gasteiger partial charge on any atom is -0.423 e. The highest BCUT2D eigenvalue weighted by atomic mass is 35.5. The SMILES string of the molecule is CC(C)NCc1c(Cl)cccc1B(O)OC(C)(C)C(C)(C)O. The van der Waals surface area contributed by atoms with Crippen molar-refractivity contribution in [3.63, 3.8) is 0 Å². The molecule has 0 saturated carbocycles. The van der Waals surface area contributed by atoms with Gasteiger partial charge in [-0.1, -0.05) is 37.6 Å². The first kappa shape index (κ1) is 19.5. The van der Waals surface area contributed by atoms with Crippen LogP contribution in [-0.2, 0) is 11.2 Å². The number of benzene rings is 1. The summed E-state index contributed by atoms with van der Waals surface area (Å²) in [7, 11) is -1.16. The summed E-state index contributed by atoms with van der Waals surface area (Å²) in [5, 5.41) is 24.5. The molecule has 0 aromatic heterocycles. The topological polar surface area (TPSA) is 61.7 Å². The zero-order valence-electron chi connectivity index (χ0n) is 14.3. The zero-order valence-corrected chi connectivity index (χ0v) is 15.0. The molecule has 1 aromatic rings. The van der Waals surface area contributed by atoms with Crippen molar-refractivity contribution in [2.45, 2.75) is 65.3 Å². The van der Waals surface area contributed by atoms with Gasteiger partial charge in [-0.05, 0) is 44.8 Å². The van der Waals surface area contributed by atoms with E-state index in [2.05, 4.69) is 5.32 Å². The molecule has 1 aromatic carbocycles. The van der Waals surface area contributed by atoms with Crippen LogP contribution in [0.2, 0.25) is 5.02 Å². The van der Waals surface area contributed by atoms with Crippen LogP contribution in [0.3, 0.4) is 0 Å². The van der Waals surface area contributed by atoms with Gasteiger partial charge in [-0.3, -0.25) is 0 Å². The maximum absolute atomic E-state index is 10.5. The van der Waals surface area contributed by atoms with Crippen LogP contribution in [-0.4, -0.2) is 34.5 Å². The number of hydrogen-bond acceptors (Lipinski definition) is 4. The van der Waals surface area contributed by atoms with E-state index < -0.39 is 18.3 Å². The van der Waals surface area contributed by atoms with Gasteiger partial charge in [-0.2, -0.15) is 0 Å². The molecule has 4 nitrogen and oxygen atoms in total. The molecule has 0 aliphatic rings. The summed E-state index contributed by atoms with van der Waals surface area (Å²) in [6.45, 7) is 11.4. The number of halogens is 1. The minimum atomic E-state index is -1.16. The third-order valence-electron chi connectivity index (χ3n) is 3.99. The fraction of sp³-hybridized carbons (Fsp3) is 0.625. The molecule has 1 rings (SSSR count). The lowest BCUT2D eigenvalue weighted by Crippen LogP contribution is -2.53. The monoisotopic (exact) mass is 327 g/mol. The first-order valence-corrected chi connectivity index (χ1v) is 7.92. The second-order valence-corrected chi connectivity index (χ2v) is 7.29. The maximum Gasteiger partial charge on any atom is 0.492 e. The number of nitrogens with one attached hydrogen (secondary N) is 1. The van der Waals surface area contributed by atoms with Crippen LogP contribution in [0.4, 0.5) is 0 Å². The Morgan fingerprint density at radius 2 is 1.86 bits per heavy atom. The molecule has 22 heavy (non-hydrogen) atoms. The van der Waals surface area contributed by atoms with Crippen molar-refractivity contribution in [3.05, 3.63) is 28.8 Å². The molecule has 0 spiro atoms. The van der Waals surface area contributed by atoms with E-state index in [1.165, 1.54) is 0 Å². The Hall–Kier alpha value is -0.585. The predicted octanol–water partition coefficient (Wildman–Crippen LogP) is 2.09. The summed E-state index contributed by atoms with van der Waals surface area (Å²) in [6, 6.07) is 5.65. The Labute approximate surface area is 139 Å². The van der Waals surface area contributed by atoms with E-state index in [0.29, 0.717) is 23.1 Å². The second-order valence-electron chi connectivity index (χ2n) is 6.88. The molecule has 3 N–H and O–H groups in total. The Morgan fingerprint density at radius 3 is 2.36 bits per heavy atom. The van der Waals surface area contributed by atoms with Crippen molar-refractivity contribution in [1.82, 2.24) is 5.32 Å². The summed E-state index contributed by atoms with van der Waals surface area (Å²) >= 11 is 6.26. The molecule has 0 fully saturated rings. The van der Waals surface area contributed by atoms with Gasteiger partial charge in [0.25, 0.3) is 0 Å². The third kappa shape index (κ3) is 4.96. The average molecular weight is 328 g/mol. The summed E-state index contributed by atoms with van der Waals surface area (Å²) < 4.78 is 5.71. The van der Waals surface area contributed by atoms with Crippen LogP contribution in [0.1, 0.15) is 47.1 Å². The van der Waals surface area contributed by atoms with Gasteiger partial charge in [-0.15, -0.1) is 0 Å². The summed E-state index contributed by atoms with van der Waals surface area (Å²) in [5.74, 6) is 0. The largest absolute Gasteiger partial charge is 0.492 e. The quantitative estimate of drug-likeness (QED) is 0.671. The molecule has 0 saturated heterocycles. The van der Waals surface area contributed by atoms with Gasteiger partial charge < -0.3 is 20.1 Å². The molecule has 0 aliphatic carbocycles. The average Bonchev–Trinajstić information content (AvgIpc) is 2.34. The Balaban J connectivity index is 3.03. The van der Waals surface area contributed by atoms with Gasteiger partial charge in [0.05, 0.1) is 11.2 Å². The first-order chi connectivity index (χ1) is 9.95. The van der Waals surface area contributed by atoms with Crippen molar-refractivity contribution in [1.29, 1.82) is 0 Å². The van der Waals surface area contributed by atoms with Crippen molar-refractivity contribution in [2.75, 3.05) is 0 Å². The molecular weight excluding hydrogens is 300 g/mol. The van der Waals surface area contributed by atoms with Crippen molar-refractivity contribution in [3.8, 4) is 0 Å². The van der Waals surface area contributed by atoms with Crippen molar-refractivity contribution in [2.24, 2.45) is 0 Å². The standard InChI is InChI=1S/C16H27BClNO3/c1-11(2)19-10-12-13(8-7-9-14(12)18)17(21)22-16(5,6)15(3,4)20/h7-9,11,19-21H,10H2,1-6H3. The molecule has 0 atom stereocenters. The molecule has 6 heteroatoms. The van der Waals surface area contributed by atoms with E-state index in [1.807, 2.05) is 13.8 Å². The molecule has 0 radical (unpaired) electrons. The molecule has 0 aliphatic heterocycles. The first-order valence-electron chi connectivity index (χ1n) is 7.54. The lowest BCUT2D eigenvalue weighted by molar-refractivity contribution is -0.0982. The van der Waals surface area contributed by atoms with Crippen LogP contribution in [0.5, 0.6) is 0 Å².